The highest BCUT2D eigenvalue weighted by Gasteiger charge is 2.26. The predicted octanol–water partition coefficient (Wildman–Crippen LogP) is 4.46. The minimum absolute atomic E-state index is 0.0113. The van der Waals surface area contributed by atoms with Gasteiger partial charge in [0, 0.05) is 59.6 Å². The first-order valence-electron chi connectivity index (χ1n) is 11.6. The van der Waals surface area contributed by atoms with Crippen molar-refractivity contribution in [2.45, 2.75) is 12.1 Å². The Morgan fingerprint density at radius 1 is 1.03 bits per heavy atom. The summed E-state index contributed by atoms with van der Waals surface area (Å²) in [6.07, 6.45) is 1.59. The number of halogens is 1. The summed E-state index contributed by atoms with van der Waals surface area (Å²) in [6.45, 7) is 3.98. The van der Waals surface area contributed by atoms with E-state index >= 15 is 0 Å². The van der Waals surface area contributed by atoms with Crippen molar-refractivity contribution in [1.82, 2.24) is 29.5 Å². The molecule has 2 aromatic carbocycles. The van der Waals surface area contributed by atoms with Crippen molar-refractivity contribution in [1.29, 1.82) is 0 Å². The molecule has 4 aromatic rings. The molecule has 5 rings (SSSR count). The third-order valence-corrected chi connectivity index (χ3v) is 7.20. The summed E-state index contributed by atoms with van der Waals surface area (Å²) in [5.74, 6) is 0.870. The summed E-state index contributed by atoms with van der Waals surface area (Å²) in [5.41, 5.74) is 2.77. The van der Waals surface area contributed by atoms with Crippen LogP contribution in [0.3, 0.4) is 0 Å². The molecule has 1 aliphatic rings. The van der Waals surface area contributed by atoms with E-state index in [1.165, 1.54) is 11.8 Å². The number of amides is 2. The van der Waals surface area contributed by atoms with Crippen molar-refractivity contribution in [3.8, 4) is 17.1 Å². The minimum atomic E-state index is -0.333. The van der Waals surface area contributed by atoms with Crippen molar-refractivity contribution in [3.63, 3.8) is 0 Å². The van der Waals surface area contributed by atoms with E-state index in [0.29, 0.717) is 48.8 Å². The minimum Gasteiger partial charge on any atom is -0.450 e. The van der Waals surface area contributed by atoms with E-state index in [-0.39, 0.29) is 17.8 Å². The Morgan fingerprint density at radius 2 is 1.75 bits per heavy atom. The van der Waals surface area contributed by atoms with E-state index in [9.17, 15) is 9.59 Å². The molecule has 2 amide bonds. The number of nitrogens with zero attached hydrogens (tertiary/aromatic N) is 5. The van der Waals surface area contributed by atoms with Crippen LogP contribution in [0.15, 0.2) is 59.9 Å². The quantitative estimate of drug-likeness (QED) is 0.374. The first kappa shape index (κ1) is 24.2. The number of fused-ring (bicyclic) bond motifs is 1. The SMILES string of the molecule is CCOC(=O)N1CCN(C(=O)CSc2nnc(-c3c[nH]c4ccccc34)n2-c2ccc(Cl)cc2)CC1. The fourth-order valence-corrected chi connectivity index (χ4v) is 5.17. The van der Waals surface area contributed by atoms with Crippen molar-refractivity contribution in [3.05, 3.63) is 59.8 Å². The maximum atomic E-state index is 13.0. The molecule has 0 aliphatic carbocycles. The molecule has 0 radical (unpaired) electrons. The van der Waals surface area contributed by atoms with Crippen molar-refractivity contribution < 1.29 is 14.3 Å². The zero-order valence-electron chi connectivity index (χ0n) is 19.7. The first-order valence-corrected chi connectivity index (χ1v) is 13.0. The highest BCUT2D eigenvalue weighted by atomic mass is 35.5. The molecule has 186 valence electrons. The van der Waals surface area contributed by atoms with Gasteiger partial charge in [0.15, 0.2) is 11.0 Å². The van der Waals surface area contributed by atoms with Gasteiger partial charge in [-0.3, -0.25) is 9.36 Å². The molecular weight excluding hydrogens is 500 g/mol. The molecular formula is C25H25ClN6O3S. The lowest BCUT2D eigenvalue weighted by Crippen LogP contribution is -2.51. The number of rotatable bonds is 6. The number of nitrogens with one attached hydrogen (secondary N) is 1. The summed E-state index contributed by atoms with van der Waals surface area (Å²) in [4.78, 5) is 31.6. The number of ether oxygens (including phenoxy) is 1. The number of aromatic amines is 1. The van der Waals surface area contributed by atoms with E-state index in [0.717, 1.165) is 22.2 Å². The Bertz CT molecular complexity index is 1380. The lowest BCUT2D eigenvalue weighted by atomic mass is 10.1. The van der Waals surface area contributed by atoms with E-state index in [4.69, 9.17) is 16.3 Å². The monoisotopic (exact) mass is 524 g/mol. The molecule has 3 heterocycles. The molecule has 0 saturated carbocycles. The Labute approximate surface area is 217 Å². The second-order valence-corrected chi connectivity index (χ2v) is 9.60. The molecule has 2 aromatic heterocycles. The predicted molar refractivity (Wildman–Crippen MR) is 140 cm³/mol. The average molecular weight is 525 g/mol. The summed E-state index contributed by atoms with van der Waals surface area (Å²) in [6, 6.07) is 15.5. The van der Waals surface area contributed by atoms with Gasteiger partial charge in [0.25, 0.3) is 0 Å². The summed E-state index contributed by atoms with van der Waals surface area (Å²) < 4.78 is 7.00. The Hall–Kier alpha value is -3.50. The molecule has 0 bridgehead atoms. The first-order chi connectivity index (χ1) is 17.5. The molecule has 0 spiro atoms. The number of carbonyl (C=O) groups is 2. The van der Waals surface area contributed by atoms with Crippen LogP contribution in [0.1, 0.15) is 6.92 Å². The number of benzene rings is 2. The molecule has 1 aliphatic heterocycles. The van der Waals surface area contributed by atoms with Gasteiger partial charge in [0.1, 0.15) is 0 Å². The molecule has 0 unspecified atom stereocenters. The summed E-state index contributed by atoms with van der Waals surface area (Å²) >= 11 is 7.47. The number of hydrogen-bond donors (Lipinski definition) is 1. The Balaban J connectivity index is 1.36. The number of hydrogen-bond acceptors (Lipinski definition) is 6. The van der Waals surface area contributed by atoms with Gasteiger partial charge >= 0.3 is 6.09 Å². The van der Waals surface area contributed by atoms with Gasteiger partial charge in [-0.1, -0.05) is 41.6 Å². The highest BCUT2D eigenvalue weighted by molar-refractivity contribution is 7.99. The molecule has 1 fully saturated rings. The number of thioether (sulfide) groups is 1. The van der Waals surface area contributed by atoms with Crippen LogP contribution >= 0.6 is 23.4 Å². The van der Waals surface area contributed by atoms with Crippen LogP contribution in [-0.4, -0.2) is 80.1 Å². The van der Waals surface area contributed by atoms with Crippen molar-refractivity contribution >= 4 is 46.3 Å². The second kappa shape index (κ2) is 10.6. The summed E-state index contributed by atoms with van der Waals surface area (Å²) in [5, 5.41) is 11.2. The maximum absolute atomic E-state index is 13.0. The van der Waals surface area contributed by atoms with Gasteiger partial charge in [-0.25, -0.2) is 4.79 Å². The fraction of sp³-hybridized carbons (Fsp3) is 0.280. The average Bonchev–Trinajstić information content (AvgIpc) is 3.52. The van der Waals surface area contributed by atoms with Gasteiger partial charge in [0.2, 0.25) is 5.91 Å². The smallest absolute Gasteiger partial charge is 0.409 e. The van der Waals surface area contributed by atoms with E-state index < -0.39 is 0 Å². The third-order valence-electron chi connectivity index (χ3n) is 6.03. The zero-order chi connectivity index (χ0) is 25.1. The highest BCUT2D eigenvalue weighted by Crippen LogP contribution is 2.32. The topological polar surface area (TPSA) is 96.3 Å². The van der Waals surface area contributed by atoms with Crippen LogP contribution in [0.2, 0.25) is 5.02 Å². The van der Waals surface area contributed by atoms with Gasteiger partial charge in [-0.05, 0) is 37.3 Å². The normalized spacial score (nSPS) is 13.8. The Kier molecular flexibility index (Phi) is 7.15. The number of H-pyrrole nitrogens is 1. The van der Waals surface area contributed by atoms with Crippen LogP contribution in [0, 0.1) is 0 Å². The Morgan fingerprint density at radius 3 is 2.50 bits per heavy atom. The van der Waals surface area contributed by atoms with Gasteiger partial charge in [-0.2, -0.15) is 0 Å². The lowest BCUT2D eigenvalue weighted by molar-refractivity contribution is -0.129. The number of para-hydroxylation sites is 1. The van der Waals surface area contributed by atoms with Crippen LogP contribution in [-0.2, 0) is 9.53 Å². The molecule has 1 N–H and O–H groups in total. The standard InChI is InChI=1S/C25H25ClN6O3S/c1-2-35-25(34)31-13-11-30(12-14-31)22(33)16-36-24-29-28-23(32(24)18-9-7-17(26)8-10-18)20-15-27-21-6-4-3-5-19(20)21/h3-10,15,27H,2,11-14,16H2,1H3. The fourth-order valence-electron chi connectivity index (χ4n) is 4.19. The van der Waals surface area contributed by atoms with Crippen molar-refractivity contribution in [2.75, 3.05) is 38.5 Å². The largest absolute Gasteiger partial charge is 0.450 e. The van der Waals surface area contributed by atoms with Gasteiger partial charge in [-0.15, -0.1) is 10.2 Å². The molecule has 1 saturated heterocycles. The number of carbonyl (C=O) groups excluding carboxylic acids is 2. The molecule has 11 heteroatoms. The maximum Gasteiger partial charge on any atom is 0.409 e. The second-order valence-electron chi connectivity index (χ2n) is 8.22. The van der Waals surface area contributed by atoms with Crippen LogP contribution in [0.5, 0.6) is 0 Å². The molecule has 36 heavy (non-hydrogen) atoms. The number of piperazine rings is 1. The van der Waals surface area contributed by atoms with E-state index in [1.54, 1.807) is 16.7 Å². The molecule has 9 nitrogen and oxygen atoms in total. The van der Waals surface area contributed by atoms with Gasteiger partial charge in [0.05, 0.1) is 12.4 Å². The number of aromatic nitrogens is 4. The van der Waals surface area contributed by atoms with Crippen molar-refractivity contribution in [2.24, 2.45) is 0 Å². The molecule has 0 atom stereocenters. The lowest BCUT2D eigenvalue weighted by Gasteiger charge is -2.34. The van der Waals surface area contributed by atoms with E-state index in [1.807, 2.05) is 59.3 Å². The van der Waals surface area contributed by atoms with E-state index in [2.05, 4.69) is 15.2 Å². The van der Waals surface area contributed by atoms with Crippen LogP contribution in [0.4, 0.5) is 4.79 Å². The van der Waals surface area contributed by atoms with Crippen LogP contribution in [0.25, 0.3) is 28.0 Å². The van der Waals surface area contributed by atoms with Crippen LogP contribution < -0.4 is 0 Å². The zero-order valence-corrected chi connectivity index (χ0v) is 21.3. The van der Waals surface area contributed by atoms with Gasteiger partial charge < -0.3 is 19.5 Å². The summed E-state index contributed by atoms with van der Waals surface area (Å²) in [7, 11) is 0. The third kappa shape index (κ3) is 4.91.